The quantitative estimate of drug-likeness (QED) is 0.638. The Balaban J connectivity index is 3.25. The third kappa shape index (κ3) is 1.01. The molecule has 8 heavy (non-hydrogen) atoms. The highest BCUT2D eigenvalue weighted by molar-refractivity contribution is 9.10. The Kier molecular flexibility index (Phi) is 1.19. The van der Waals surface area contributed by atoms with Gasteiger partial charge in [0.15, 0.2) is 0 Å². The lowest BCUT2D eigenvalue weighted by molar-refractivity contribution is 0.472. The molecule has 0 heterocycles. The highest BCUT2D eigenvalue weighted by Gasteiger charge is 1.89. The number of benzene rings is 1. The van der Waals surface area contributed by atoms with Gasteiger partial charge in [0.2, 0.25) is 0 Å². The van der Waals surface area contributed by atoms with E-state index in [0.717, 1.165) is 0 Å². The van der Waals surface area contributed by atoms with Crippen LogP contribution in [0.5, 0.6) is 5.75 Å². The van der Waals surface area contributed by atoms with Crippen molar-refractivity contribution in [2.24, 2.45) is 0 Å². The fraction of sp³-hybridized carbons (Fsp3) is 0. The van der Waals surface area contributed by atoms with Crippen molar-refractivity contribution in [3.8, 4) is 5.75 Å². The average Bonchev–Trinajstić information content (AvgIpc) is 1.83. The van der Waals surface area contributed by atoms with Crippen molar-refractivity contribution in [3.63, 3.8) is 0 Å². The molecule has 0 bridgehead atoms. The molecule has 1 aromatic carbocycles. The summed E-state index contributed by atoms with van der Waals surface area (Å²) in [6, 6.07) is 5.06. The molecule has 0 aromatic heterocycles. The van der Waals surface area contributed by atoms with Gasteiger partial charge >= 0.3 is 0 Å². The highest BCUT2D eigenvalue weighted by Crippen LogP contribution is 2.21. The third-order valence-electron chi connectivity index (χ3n) is 0.785. The van der Waals surface area contributed by atoms with Gasteiger partial charge in [-0.15, -0.1) is 0 Å². The fourth-order valence-electron chi connectivity index (χ4n) is 0.408. The summed E-state index contributed by atoms with van der Waals surface area (Å²) < 4.78 is 7.65. The Morgan fingerprint density at radius 2 is 2.38 bits per heavy atom. The SMILES string of the molecule is [2H]c1cccc(Br)c1O. The first-order chi connectivity index (χ1) is 4.22. The van der Waals surface area contributed by atoms with Crippen LogP contribution in [0.15, 0.2) is 28.7 Å². The summed E-state index contributed by atoms with van der Waals surface area (Å²) in [5.41, 5.74) is 0. The van der Waals surface area contributed by atoms with Crippen molar-refractivity contribution < 1.29 is 6.48 Å². The molecular weight excluding hydrogens is 168 g/mol. The number of halogens is 1. The molecule has 1 N–H and O–H groups in total. The van der Waals surface area contributed by atoms with E-state index in [9.17, 15) is 0 Å². The molecule has 0 saturated heterocycles. The Bertz CT molecular complexity index is 204. The van der Waals surface area contributed by atoms with Crippen molar-refractivity contribution in [1.82, 2.24) is 0 Å². The minimum atomic E-state index is -0.00231. The van der Waals surface area contributed by atoms with E-state index in [-0.39, 0.29) is 11.8 Å². The van der Waals surface area contributed by atoms with Crippen LogP contribution in [0.4, 0.5) is 0 Å². The van der Waals surface area contributed by atoms with Gasteiger partial charge in [-0.25, -0.2) is 0 Å². The van der Waals surface area contributed by atoms with Crippen molar-refractivity contribution in [1.29, 1.82) is 0 Å². The summed E-state index contributed by atoms with van der Waals surface area (Å²) in [6.45, 7) is 0. The Morgan fingerprint density at radius 3 is 2.88 bits per heavy atom. The molecule has 0 spiro atoms. The molecule has 0 unspecified atom stereocenters. The molecular formula is C6H5BrO. The Hall–Kier alpha value is -0.500. The van der Waals surface area contributed by atoms with E-state index in [1.54, 1.807) is 12.1 Å². The van der Waals surface area contributed by atoms with Gasteiger partial charge in [0.1, 0.15) is 5.75 Å². The van der Waals surface area contributed by atoms with Crippen LogP contribution in [0.25, 0.3) is 0 Å². The first-order valence-corrected chi connectivity index (χ1v) is 2.95. The van der Waals surface area contributed by atoms with E-state index >= 15 is 0 Å². The number of aromatic hydroxyl groups is 1. The Labute approximate surface area is 57.5 Å². The van der Waals surface area contributed by atoms with Crippen LogP contribution in [-0.2, 0) is 0 Å². The maximum atomic E-state index is 8.97. The molecule has 42 valence electrons. The lowest BCUT2D eigenvalue weighted by atomic mass is 10.3. The van der Waals surface area contributed by atoms with Crippen LogP contribution in [-0.4, -0.2) is 5.11 Å². The summed E-state index contributed by atoms with van der Waals surface area (Å²) in [7, 11) is 0. The van der Waals surface area contributed by atoms with E-state index in [2.05, 4.69) is 15.9 Å². The van der Waals surface area contributed by atoms with Crippen molar-refractivity contribution >= 4 is 15.9 Å². The average molecular weight is 174 g/mol. The Morgan fingerprint density at radius 1 is 1.62 bits per heavy atom. The van der Waals surface area contributed by atoms with Gasteiger partial charge in [0, 0.05) is 0 Å². The van der Waals surface area contributed by atoms with Gasteiger partial charge in [-0.2, -0.15) is 0 Å². The molecule has 1 nitrogen and oxygen atoms in total. The number of hydrogen-bond acceptors (Lipinski definition) is 1. The maximum Gasteiger partial charge on any atom is 0.129 e. The van der Waals surface area contributed by atoms with E-state index in [0.29, 0.717) is 4.47 Å². The zero-order valence-corrected chi connectivity index (χ0v) is 5.64. The second kappa shape index (κ2) is 2.18. The van der Waals surface area contributed by atoms with Crippen LogP contribution < -0.4 is 0 Å². The van der Waals surface area contributed by atoms with Gasteiger partial charge in [0.25, 0.3) is 0 Å². The first-order valence-electron chi connectivity index (χ1n) is 2.66. The van der Waals surface area contributed by atoms with E-state index in [1.165, 1.54) is 6.07 Å². The topological polar surface area (TPSA) is 20.2 Å². The summed E-state index contributed by atoms with van der Waals surface area (Å²) in [4.78, 5) is 0. The van der Waals surface area contributed by atoms with Gasteiger partial charge < -0.3 is 5.11 Å². The molecule has 0 aliphatic heterocycles. The molecule has 0 aliphatic carbocycles. The van der Waals surface area contributed by atoms with Crippen LogP contribution in [0.2, 0.25) is 0 Å². The van der Waals surface area contributed by atoms with E-state index in [1.807, 2.05) is 0 Å². The van der Waals surface area contributed by atoms with Gasteiger partial charge in [-0.05, 0) is 28.0 Å². The summed E-state index contributed by atoms with van der Waals surface area (Å²) in [5, 5.41) is 8.97. The van der Waals surface area contributed by atoms with Crippen LogP contribution >= 0.6 is 15.9 Å². The van der Waals surface area contributed by atoms with Crippen molar-refractivity contribution in [2.75, 3.05) is 0 Å². The van der Waals surface area contributed by atoms with E-state index < -0.39 is 0 Å². The first kappa shape index (κ1) is 4.39. The standard InChI is InChI=1S/C6H5BrO/c7-5-3-1-2-4-6(5)8/h1-4,8H/i4D. The van der Waals surface area contributed by atoms with E-state index in [4.69, 9.17) is 6.48 Å². The molecule has 1 rings (SSSR count). The number of phenolic OH excluding ortho intramolecular Hbond substituents is 1. The summed E-state index contributed by atoms with van der Waals surface area (Å²) in [5.74, 6) is -0.00231. The number of para-hydroxylation sites is 1. The lowest BCUT2D eigenvalue weighted by Crippen LogP contribution is -1.63. The van der Waals surface area contributed by atoms with Gasteiger partial charge in [-0.1, -0.05) is 12.1 Å². The third-order valence-corrected chi connectivity index (χ3v) is 1.42. The van der Waals surface area contributed by atoms with Gasteiger partial charge in [0.05, 0.1) is 5.84 Å². The predicted molar refractivity (Wildman–Crippen MR) is 35.8 cm³/mol. The molecule has 0 aliphatic rings. The largest absolute Gasteiger partial charge is 0.507 e. The molecule has 0 saturated carbocycles. The number of phenols is 1. The molecule has 2 heteroatoms. The summed E-state index contributed by atoms with van der Waals surface area (Å²) in [6.07, 6.45) is 0. The predicted octanol–water partition coefficient (Wildman–Crippen LogP) is 2.15. The van der Waals surface area contributed by atoms with Gasteiger partial charge in [-0.3, -0.25) is 0 Å². The molecule has 0 atom stereocenters. The smallest absolute Gasteiger partial charge is 0.129 e. The highest BCUT2D eigenvalue weighted by atomic mass is 79.9. The zero-order valence-electron chi connectivity index (χ0n) is 5.06. The van der Waals surface area contributed by atoms with Crippen molar-refractivity contribution in [3.05, 3.63) is 28.7 Å². The monoisotopic (exact) mass is 173 g/mol. The van der Waals surface area contributed by atoms with Crippen LogP contribution in [0.3, 0.4) is 0 Å². The molecule has 0 radical (unpaired) electrons. The minimum Gasteiger partial charge on any atom is -0.507 e. The lowest BCUT2D eigenvalue weighted by Gasteiger charge is -1.90. The number of rotatable bonds is 0. The molecule has 0 amide bonds. The number of hydrogen-bond donors (Lipinski definition) is 1. The second-order valence-corrected chi connectivity index (χ2v) is 2.22. The fourth-order valence-corrected chi connectivity index (χ4v) is 0.675. The zero-order chi connectivity index (χ0) is 6.85. The normalized spacial score (nSPS) is 10.9. The van der Waals surface area contributed by atoms with Crippen LogP contribution in [0.1, 0.15) is 1.37 Å². The van der Waals surface area contributed by atoms with Crippen LogP contribution in [0, 0.1) is 0 Å². The minimum absolute atomic E-state index is 0.00231. The molecule has 0 fully saturated rings. The summed E-state index contributed by atoms with van der Waals surface area (Å²) >= 11 is 3.08. The molecule has 1 aromatic rings. The second-order valence-electron chi connectivity index (χ2n) is 1.37. The van der Waals surface area contributed by atoms with Crippen molar-refractivity contribution in [2.45, 2.75) is 0 Å². The maximum absolute atomic E-state index is 8.97.